The number of para-hydroxylation sites is 1. The van der Waals surface area contributed by atoms with E-state index in [0.29, 0.717) is 23.8 Å². The Hall–Kier alpha value is -2.79. The van der Waals surface area contributed by atoms with Gasteiger partial charge in [0.2, 0.25) is 5.91 Å². The number of aliphatic imine (C=N–C) groups is 1. The smallest absolute Gasteiger partial charge is 0.265 e. The lowest BCUT2D eigenvalue weighted by Crippen LogP contribution is -2.46. The number of rotatable bonds is 6. The fraction of sp³-hybridized carbons (Fsp3) is 0.400. The normalized spacial score (nSPS) is 22.1. The summed E-state index contributed by atoms with van der Waals surface area (Å²) >= 11 is 0. The van der Waals surface area contributed by atoms with E-state index in [1.807, 2.05) is 55.5 Å². The van der Waals surface area contributed by atoms with Crippen molar-refractivity contribution in [3.8, 4) is 0 Å². The minimum atomic E-state index is -0.541. The second-order valence-electron chi connectivity index (χ2n) is 7.96. The van der Waals surface area contributed by atoms with Gasteiger partial charge in [-0.25, -0.2) is 4.90 Å². The maximum absolute atomic E-state index is 13.5. The summed E-state index contributed by atoms with van der Waals surface area (Å²) in [6.07, 6.45) is 4.87. The van der Waals surface area contributed by atoms with Gasteiger partial charge in [-0.15, -0.1) is 0 Å². The van der Waals surface area contributed by atoms with E-state index in [4.69, 9.17) is 4.99 Å². The topological polar surface area (TPSA) is 53.0 Å². The lowest BCUT2D eigenvalue weighted by Gasteiger charge is -2.32. The maximum atomic E-state index is 13.5. The van der Waals surface area contributed by atoms with Gasteiger partial charge in [0.05, 0.1) is 18.2 Å². The molecule has 2 aliphatic rings. The van der Waals surface area contributed by atoms with Crippen LogP contribution in [-0.4, -0.2) is 48.6 Å². The highest BCUT2D eigenvalue weighted by atomic mass is 16.2. The van der Waals surface area contributed by atoms with Crippen LogP contribution in [0.25, 0.3) is 0 Å². The fourth-order valence-electron chi connectivity index (χ4n) is 4.66. The quantitative estimate of drug-likeness (QED) is 0.540. The molecule has 5 heteroatoms. The van der Waals surface area contributed by atoms with E-state index in [9.17, 15) is 9.59 Å². The number of hydrogen-bond donors (Lipinski definition) is 0. The monoisotopic (exact) mass is 403 g/mol. The molecule has 0 radical (unpaired) electrons. The van der Waals surface area contributed by atoms with Crippen LogP contribution in [0.1, 0.15) is 54.1 Å². The highest BCUT2D eigenvalue weighted by Crippen LogP contribution is 2.33. The minimum absolute atomic E-state index is 0.220. The molecule has 0 aromatic heterocycles. The van der Waals surface area contributed by atoms with E-state index < -0.39 is 5.92 Å². The molecule has 0 N–H and O–H groups in total. The summed E-state index contributed by atoms with van der Waals surface area (Å²) < 4.78 is 0. The molecule has 0 spiro atoms. The van der Waals surface area contributed by atoms with E-state index in [0.717, 1.165) is 37.1 Å². The Morgan fingerprint density at radius 3 is 2.63 bits per heavy atom. The van der Waals surface area contributed by atoms with Crippen molar-refractivity contribution < 1.29 is 9.59 Å². The first-order valence-corrected chi connectivity index (χ1v) is 10.9. The predicted octanol–water partition coefficient (Wildman–Crippen LogP) is 4.07. The molecule has 4 rings (SSSR count). The Kier molecular flexibility index (Phi) is 6.09. The molecule has 2 atom stereocenters. The van der Waals surface area contributed by atoms with E-state index in [-0.39, 0.29) is 11.8 Å². The molecule has 2 aliphatic heterocycles. The summed E-state index contributed by atoms with van der Waals surface area (Å²) in [6.45, 7) is 7.06. The van der Waals surface area contributed by atoms with Crippen LogP contribution in [0.15, 0.2) is 53.5 Å². The molecule has 156 valence electrons. The second kappa shape index (κ2) is 8.92. The van der Waals surface area contributed by atoms with Gasteiger partial charge in [0, 0.05) is 17.8 Å². The number of likely N-dealkylation sites (tertiary alicyclic amines) is 1. The van der Waals surface area contributed by atoms with Gasteiger partial charge in [-0.2, -0.15) is 0 Å². The lowest BCUT2D eigenvalue weighted by atomic mass is 9.88. The molecular formula is C25H29N3O2. The maximum Gasteiger partial charge on any atom is 0.265 e. The van der Waals surface area contributed by atoms with Gasteiger partial charge < -0.3 is 0 Å². The zero-order chi connectivity index (χ0) is 21.1. The molecule has 2 amide bonds. The summed E-state index contributed by atoms with van der Waals surface area (Å²) in [5.41, 5.74) is 2.99. The van der Waals surface area contributed by atoms with E-state index in [2.05, 4.69) is 11.8 Å². The van der Waals surface area contributed by atoms with Gasteiger partial charge in [-0.1, -0.05) is 50.2 Å². The summed E-state index contributed by atoms with van der Waals surface area (Å²) in [7, 11) is 0. The highest BCUT2D eigenvalue weighted by molar-refractivity contribution is 6.29. The van der Waals surface area contributed by atoms with E-state index in [1.165, 1.54) is 11.3 Å². The standard InChI is InChI=1S/C25H29N3O2/c1-3-18-10-5-8-14-23(18)28-24(29)21-13-7-6-12-20(21)22(25(28)30)17-26-16-19-11-9-15-27(19)4-2/h5-8,10,12-14,17,19,22H,3-4,9,11,15-16H2,1-2H3/t19-,22+/m0/s1. The molecule has 1 fully saturated rings. The van der Waals surface area contributed by atoms with Crippen LogP contribution in [0.4, 0.5) is 5.69 Å². The van der Waals surface area contributed by atoms with Gasteiger partial charge >= 0.3 is 0 Å². The molecule has 0 bridgehead atoms. The Bertz CT molecular complexity index is 968. The number of fused-ring (bicyclic) bond motifs is 1. The summed E-state index contributed by atoms with van der Waals surface area (Å²) in [5.74, 6) is -1.02. The van der Waals surface area contributed by atoms with Crippen molar-refractivity contribution >= 4 is 23.7 Å². The third-order valence-corrected chi connectivity index (χ3v) is 6.31. The van der Waals surface area contributed by atoms with Crippen molar-refractivity contribution in [2.45, 2.75) is 45.1 Å². The van der Waals surface area contributed by atoms with E-state index in [1.54, 1.807) is 6.21 Å². The second-order valence-corrected chi connectivity index (χ2v) is 7.96. The van der Waals surface area contributed by atoms with Crippen molar-refractivity contribution in [1.29, 1.82) is 0 Å². The van der Waals surface area contributed by atoms with Crippen LogP contribution in [0, 0.1) is 0 Å². The molecule has 2 aromatic rings. The summed E-state index contributed by atoms with van der Waals surface area (Å²) in [6, 6.07) is 15.5. The SMILES string of the molecule is CCc1ccccc1N1C(=O)c2ccccc2[C@@H](C=NC[C@@H]2CCCN2CC)C1=O. The Balaban J connectivity index is 1.67. The van der Waals surface area contributed by atoms with Crippen LogP contribution >= 0.6 is 0 Å². The van der Waals surface area contributed by atoms with Crippen molar-refractivity contribution in [3.63, 3.8) is 0 Å². The molecule has 5 nitrogen and oxygen atoms in total. The molecule has 0 saturated carbocycles. The molecule has 2 aromatic carbocycles. The predicted molar refractivity (Wildman–Crippen MR) is 120 cm³/mol. The first kappa shape index (κ1) is 20.5. The van der Waals surface area contributed by atoms with Crippen LogP contribution in [0.5, 0.6) is 0 Å². The molecule has 2 heterocycles. The number of carbonyl (C=O) groups is 2. The number of anilines is 1. The Morgan fingerprint density at radius 2 is 1.83 bits per heavy atom. The number of imide groups is 1. The van der Waals surface area contributed by atoms with Gasteiger partial charge in [0.15, 0.2) is 0 Å². The minimum Gasteiger partial charge on any atom is -0.299 e. The molecule has 1 saturated heterocycles. The average molecular weight is 404 g/mol. The van der Waals surface area contributed by atoms with Crippen LogP contribution in [0.3, 0.4) is 0 Å². The average Bonchev–Trinajstić information content (AvgIpc) is 3.24. The largest absolute Gasteiger partial charge is 0.299 e. The van der Waals surface area contributed by atoms with Gasteiger partial charge in [0.25, 0.3) is 5.91 Å². The highest BCUT2D eigenvalue weighted by Gasteiger charge is 2.39. The van der Waals surface area contributed by atoms with Crippen LogP contribution < -0.4 is 4.90 Å². The molecular weight excluding hydrogens is 374 g/mol. The number of benzene rings is 2. The molecule has 0 aliphatic carbocycles. The third kappa shape index (κ3) is 3.70. The zero-order valence-corrected chi connectivity index (χ0v) is 17.8. The van der Waals surface area contributed by atoms with Crippen molar-refractivity contribution in [3.05, 3.63) is 65.2 Å². The van der Waals surface area contributed by atoms with Crippen LogP contribution in [-0.2, 0) is 11.2 Å². The number of hydrogen-bond acceptors (Lipinski definition) is 4. The summed E-state index contributed by atoms with van der Waals surface area (Å²) in [4.78, 5) is 35.3. The van der Waals surface area contributed by atoms with Gasteiger partial charge in [-0.3, -0.25) is 19.5 Å². The number of amides is 2. The van der Waals surface area contributed by atoms with Gasteiger partial charge in [-0.05, 0) is 55.6 Å². The first-order chi connectivity index (χ1) is 14.7. The van der Waals surface area contributed by atoms with E-state index >= 15 is 0 Å². The fourth-order valence-corrected chi connectivity index (χ4v) is 4.66. The van der Waals surface area contributed by atoms with Crippen molar-refractivity contribution in [1.82, 2.24) is 4.90 Å². The van der Waals surface area contributed by atoms with Gasteiger partial charge in [0.1, 0.15) is 0 Å². The summed E-state index contributed by atoms with van der Waals surface area (Å²) in [5, 5.41) is 0. The Labute approximate surface area is 178 Å². The number of likely N-dealkylation sites (N-methyl/N-ethyl adjacent to an activating group) is 1. The van der Waals surface area contributed by atoms with Crippen molar-refractivity contribution in [2.24, 2.45) is 4.99 Å². The first-order valence-electron chi connectivity index (χ1n) is 10.9. The van der Waals surface area contributed by atoms with Crippen LogP contribution in [0.2, 0.25) is 0 Å². The third-order valence-electron chi connectivity index (χ3n) is 6.31. The van der Waals surface area contributed by atoms with Crippen molar-refractivity contribution in [2.75, 3.05) is 24.5 Å². The zero-order valence-electron chi connectivity index (χ0n) is 17.8. The Morgan fingerprint density at radius 1 is 1.07 bits per heavy atom. The number of nitrogens with zero attached hydrogens (tertiary/aromatic N) is 3. The number of carbonyl (C=O) groups excluding carboxylic acids is 2. The molecule has 30 heavy (non-hydrogen) atoms. The molecule has 0 unspecified atom stereocenters. The number of aryl methyl sites for hydroxylation is 1. The lowest BCUT2D eigenvalue weighted by molar-refractivity contribution is -0.118.